The Kier molecular flexibility index (Phi) is 7.94. The highest BCUT2D eigenvalue weighted by molar-refractivity contribution is 5.83. The first-order chi connectivity index (χ1) is 16.9. The summed E-state index contributed by atoms with van der Waals surface area (Å²) in [6.45, 7) is 1.52. The van der Waals surface area contributed by atoms with Crippen LogP contribution in [0.5, 0.6) is 5.75 Å². The van der Waals surface area contributed by atoms with Crippen molar-refractivity contribution in [3.05, 3.63) is 71.7 Å². The molecule has 5 nitrogen and oxygen atoms in total. The van der Waals surface area contributed by atoms with E-state index in [0.29, 0.717) is 60.3 Å². The molecular formula is C28H28F2N2O3. The van der Waals surface area contributed by atoms with Gasteiger partial charge < -0.3 is 9.84 Å². The molecule has 3 aromatic rings. The lowest BCUT2D eigenvalue weighted by atomic mass is 9.81. The molecule has 1 aliphatic rings. The first-order valence-electron chi connectivity index (χ1n) is 11.7. The van der Waals surface area contributed by atoms with Gasteiger partial charge in [0.1, 0.15) is 17.7 Å². The Bertz CT molecular complexity index is 1240. The van der Waals surface area contributed by atoms with E-state index in [1.54, 1.807) is 49.7 Å². The number of carboxylic acid groups (broad SMARTS) is 1. The molecule has 0 spiro atoms. The lowest BCUT2D eigenvalue weighted by molar-refractivity contribution is -0.146. The Labute approximate surface area is 203 Å². The molecule has 35 heavy (non-hydrogen) atoms. The molecule has 1 aliphatic heterocycles. The molecule has 0 aliphatic carbocycles. The molecule has 4 rings (SSSR count). The molecule has 1 saturated heterocycles. The zero-order chi connectivity index (χ0) is 24.8. The van der Waals surface area contributed by atoms with Gasteiger partial charge in [-0.15, -0.1) is 0 Å². The molecule has 0 amide bonds. The molecule has 2 aromatic carbocycles. The third-order valence-electron chi connectivity index (χ3n) is 6.65. The number of aliphatic carboxylic acids is 1. The average molecular weight is 479 g/mol. The number of alkyl halides is 1. The predicted molar refractivity (Wildman–Crippen MR) is 130 cm³/mol. The summed E-state index contributed by atoms with van der Waals surface area (Å²) >= 11 is 0. The van der Waals surface area contributed by atoms with Crippen LogP contribution in [-0.2, 0) is 4.79 Å². The first-order valence-corrected chi connectivity index (χ1v) is 11.7. The number of piperidine rings is 1. The van der Waals surface area contributed by atoms with Crippen molar-refractivity contribution in [3.63, 3.8) is 0 Å². The first kappa shape index (κ1) is 24.6. The Morgan fingerprint density at radius 2 is 2.06 bits per heavy atom. The molecule has 1 fully saturated rings. The van der Waals surface area contributed by atoms with Crippen molar-refractivity contribution >= 4 is 16.9 Å². The van der Waals surface area contributed by atoms with Crippen LogP contribution in [0, 0.1) is 29.5 Å². The van der Waals surface area contributed by atoms with Gasteiger partial charge in [0.25, 0.3) is 0 Å². The van der Waals surface area contributed by atoms with E-state index in [-0.39, 0.29) is 18.2 Å². The van der Waals surface area contributed by atoms with Gasteiger partial charge in [-0.2, -0.15) is 0 Å². The van der Waals surface area contributed by atoms with Crippen molar-refractivity contribution in [1.82, 2.24) is 9.88 Å². The topological polar surface area (TPSA) is 62.7 Å². The number of likely N-dealkylation sites (tertiary alicyclic amines) is 1. The fraction of sp³-hybridized carbons (Fsp3) is 0.357. The van der Waals surface area contributed by atoms with E-state index >= 15 is 4.39 Å². The molecule has 7 heteroatoms. The molecule has 0 radical (unpaired) electrons. The smallest absolute Gasteiger partial charge is 0.308 e. The monoisotopic (exact) mass is 478 g/mol. The van der Waals surface area contributed by atoms with Crippen LogP contribution in [0.3, 0.4) is 0 Å². The van der Waals surface area contributed by atoms with Crippen molar-refractivity contribution in [2.45, 2.75) is 25.4 Å². The lowest BCUT2D eigenvalue weighted by Gasteiger charge is -2.35. The predicted octanol–water partition coefficient (Wildman–Crippen LogP) is 5.25. The summed E-state index contributed by atoms with van der Waals surface area (Å²) in [5, 5.41) is 10.5. The minimum Gasteiger partial charge on any atom is -0.497 e. The second kappa shape index (κ2) is 11.3. The molecule has 1 aromatic heterocycles. The maximum Gasteiger partial charge on any atom is 0.308 e. The SMILES string of the molecule is COc1ccc2nccc(C(F)CC[C@@H]3CCN(CC#Cc4ccc(F)cc4)C[C@@H]3C(=O)O)c2c1. The second-order valence-electron chi connectivity index (χ2n) is 8.87. The van der Waals surface area contributed by atoms with Crippen molar-refractivity contribution < 1.29 is 23.4 Å². The summed E-state index contributed by atoms with van der Waals surface area (Å²) in [6.07, 6.45) is 1.78. The minimum absolute atomic E-state index is 0.102. The van der Waals surface area contributed by atoms with E-state index in [1.807, 2.05) is 4.90 Å². The van der Waals surface area contributed by atoms with E-state index in [1.165, 1.54) is 12.1 Å². The van der Waals surface area contributed by atoms with Crippen LogP contribution in [0.4, 0.5) is 8.78 Å². The van der Waals surface area contributed by atoms with Gasteiger partial charge in [-0.3, -0.25) is 14.7 Å². The van der Waals surface area contributed by atoms with Crippen molar-refractivity contribution in [3.8, 4) is 17.6 Å². The lowest BCUT2D eigenvalue weighted by Crippen LogP contribution is -2.44. The van der Waals surface area contributed by atoms with Gasteiger partial charge in [0.2, 0.25) is 0 Å². The van der Waals surface area contributed by atoms with Gasteiger partial charge in [-0.1, -0.05) is 11.8 Å². The van der Waals surface area contributed by atoms with Crippen molar-refractivity contribution in [2.24, 2.45) is 11.8 Å². The van der Waals surface area contributed by atoms with E-state index in [9.17, 15) is 14.3 Å². The van der Waals surface area contributed by atoms with Gasteiger partial charge in [0.15, 0.2) is 0 Å². The summed E-state index contributed by atoms with van der Waals surface area (Å²) in [7, 11) is 1.57. The quantitative estimate of drug-likeness (QED) is 0.470. The second-order valence-corrected chi connectivity index (χ2v) is 8.87. The number of rotatable bonds is 7. The third-order valence-corrected chi connectivity index (χ3v) is 6.65. The van der Waals surface area contributed by atoms with Gasteiger partial charge in [0, 0.05) is 23.7 Å². The van der Waals surface area contributed by atoms with Crippen LogP contribution in [0.25, 0.3) is 10.9 Å². The number of hydrogen-bond acceptors (Lipinski definition) is 4. The van der Waals surface area contributed by atoms with Crippen LogP contribution in [-0.4, -0.2) is 47.7 Å². The molecule has 0 bridgehead atoms. The zero-order valence-corrected chi connectivity index (χ0v) is 19.6. The summed E-state index contributed by atoms with van der Waals surface area (Å²) in [6, 6.07) is 13.0. The zero-order valence-electron chi connectivity index (χ0n) is 19.6. The largest absolute Gasteiger partial charge is 0.497 e. The van der Waals surface area contributed by atoms with Gasteiger partial charge in [-0.05, 0) is 85.8 Å². The van der Waals surface area contributed by atoms with Gasteiger partial charge in [-0.25, -0.2) is 8.78 Å². The summed E-state index contributed by atoms with van der Waals surface area (Å²) in [5.41, 5.74) is 1.96. The van der Waals surface area contributed by atoms with Crippen LogP contribution >= 0.6 is 0 Å². The molecular weight excluding hydrogens is 450 g/mol. The minimum atomic E-state index is -1.22. The summed E-state index contributed by atoms with van der Waals surface area (Å²) in [5.74, 6) is 4.83. The standard InChI is InChI=1S/C28H28F2N2O3/c1-35-22-9-11-27-24(17-22)23(12-14-31-27)26(30)10-6-20-13-16-32(18-25(20)28(33)34)15-2-3-19-4-7-21(29)8-5-19/h4-5,7-9,11-12,14,17,20,25-26H,6,10,13,15-16,18H2,1H3,(H,33,34)/t20-,25+,26?/m1/s1. The number of halogens is 2. The van der Waals surface area contributed by atoms with E-state index in [0.717, 1.165) is 0 Å². The molecule has 3 atom stereocenters. The van der Waals surface area contributed by atoms with Crippen molar-refractivity contribution in [2.75, 3.05) is 26.7 Å². The maximum absolute atomic E-state index is 15.3. The number of carboxylic acids is 1. The average Bonchev–Trinajstić information content (AvgIpc) is 2.88. The third kappa shape index (κ3) is 6.14. The number of aromatic nitrogens is 1. The normalized spacial score (nSPS) is 19.1. The van der Waals surface area contributed by atoms with Crippen LogP contribution in [0.1, 0.15) is 36.6 Å². The van der Waals surface area contributed by atoms with E-state index < -0.39 is 18.1 Å². The van der Waals surface area contributed by atoms with Crippen LogP contribution in [0.2, 0.25) is 0 Å². The Morgan fingerprint density at radius 3 is 2.80 bits per heavy atom. The fourth-order valence-corrected chi connectivity index (χ4v) is 4.69. The Morgan fingerprint density at radius 1 is 1.26 bits per heavy atom. The van der Waals surface area contributed by atoms with Crippen molar-refractivity contribution in [1.29, 1.82) is 0 Å². The molecule has 2 heterocycles. The number of nitrogens with zero attached hydrogens (tertiary/aromatic N) is 2. The summed E-state index contributed by atoms with van der Waals surface area (Å²) in [4.78, 5) is 18.3. The number of benzene rings is 2. The number of pyridine rings is 1. The highest BCUT2D eigenvalue weighted by atomic mass is 19.1. The Hall–Kier alpha value is -3.50. The Balaban J connectivity index is 1.37. The van der Waals surface area contributed by atoms with Crippen LogP contribution in [0.15, 0.2) is 54.7 Å². The van der Waals surface area contributed by atoms with Gasteiger partial charge in [0.05, 0.1) is 25.1 Å². The number of ether oxygens (including phenoxy) is 1. The number of fused-ring (bicyclic) bond motifs is 1. The van der Waals surface area contributed by atoms with E-state index in [4.69, 9.17) is 4.74 Å². The van der Waals surface area contributed by atoms with E-state index in [2.05, 4.69) is 16.8 Å². The summed E-state index contributed by atoms with van der Waals surface area (Å²) < 4.78 is 33.6. The highest BCUT2D eigenvalue weighted by Gasteiger charge is 2.34. The number of hydrogen-bond donors (Lipinski definition) is 1. The van der Waals surface area contributed by atoms with Gasteiger partial charge >= 0.3 is 5.97 Å². The molecule has 1 unspecified atom stereocenters. The maximum atomic E-state index is 15.3. The van der Waals surface area contributed by atoms with Crippen LogP contribution < -0.4 is 4.74 Å². The molecule has 182 valence electrons. The molecule has 0 saturated carbocycles. The number of carbonyl (C=O) groups is 1. The fourth-order valence-electron chi connectivity index (χ4n) is 4.69. The highest BCUT2D eigenvalue weighted by Crippen LogP contribution is 2.35. The number of methoxy groups -OCH3 is 1. The molecule has 1 N–H and O–H groups in total.